The lowest BCUT2D eigenvalue weighted by molar-refractivity contribution is 0.0599. The van der Waals surface area contributed by atoms with Gasteiger partial charge in [0.2, 0.25) is 0 Å². The molecule has 110 valence electrons. The number of benzene rings is 1. The van der Waals surface area contributed by atoms with Gasteiger partial charge in [-0.25, -0.2) is 9.78 Å². The molecule has 0 aliphatic rings. The lowest BCUT2D eigenvalue weighted by Crippen LogP contribution is -2.12. The van der Waals surface area contributed by atoms with Crippen molar-refractivity contribution in [1.29, 1.82) is 0 Å². The van der Waals surface area contributed by atoms with Crippen molar-refractivity contribution in [1.82, 2.24) is 4.98 Å². The number of carbonyl (C=O) groups is 1. The van der Waals surface area contributed by atoms with E-state index in [1.807, 2.05) is 24.3 Å². The van der Waals surface area contributed by atoms with Gasteiger partial charge in [0.05, 0.1) is 24.4 Å². The van der Waals surface area contributed by atoms with E-state index in [1.54, 1.807) is 13.0 Å². The minimum Gasteiger partial charge on any atom is -0.465 e. The van der Waals surface area contributed by atoms with E-state index in [0.29, 0.717) is 11.3 Å². The maximum atomic E-state index is 11.6. The molecule has 0 saturated heterocycles. The summed E-state index contributed by atoms with van der Waals surface area (Å²) in [4.78, 5) is 16.0. The molecule has 1 N–H and O–H groups in total. The molecular formula is C17H20N2O2. The van der Waals surface area contributed by atoms with Gasteiger partial charge < -0.3 is 10.1 Å². The number of aryl methyl sites for hydroxylation is 1. The van der Waals surface area contributed by atoms with Crippen LogP contribution >= 0.6 is 0 Å². The quantitative estimate of drug-likeness (QED) is 0.850. The van der Waals surface area contributed by atoms with Gasteiger partial charge in [-0.2, -0.15) is 0 Å². The summed E-state index contributed by atoms with van der Waals surface area (Å²) in [6.45, 7) is 3.93. The van der Waals surface area contributed by atoms with Crippen LogP contribution in [0.5, 0.6) is 0 Å². The summed E-state index contributed by atoms with van der Waals surface area (Å²) in [7, 11) is 1.37. The highest BCUT2D eigenvalue weighted by Crippen LogP contribution is 2.22. The Kier molecular flexibility index (Phi) is 4.93. The van der Waals surface area contributed by atoms with Gasteiger partial charge in [-0.3, -0.25) is 0 Å². The number of rotatable bonds is 5. The Morgan fingerprint density at radius 1 is 1.24 bits per heavy atom. The van der Waals surface area contributed by atoms with Crippen LogP contribution in [0.25, 0.3) is 0 Å². The number of carbonyl (C=O) groups excluding carboxylic acids is 1. The van der Waals surface area contributed by atoms with Crippen LogP contribution < -0.4 is 5.32 Å². The molecule has 21 heavy (non-hydrogen) atoms. The molecule has 2 rings (SSSR count). The molecule has 0 saturated carbocycles. The molecule has 4 heteroatoms. The second-order valence-corrected chi connectivity index (χ2v) is 4.84. The average Bonchev–Trinajstić information content (AvgIpc) is 2.53. The van der Waals surface area contributed by atoms with Crippen molar-refractivity contribution in [2.45, 2.75) is 26.3 Å². The Bertz CT molecular complexity index is 611. The van der Waals surface area contributed by atoms with Crippen molar-refractivity contribution in [3.8, 4) is 0 Å². The van der Waals surface area contributed by atoms with Gasteiger partial charge >= 0.3 is 5.97 Å². The fraction of sp³-hybridized carbons (Fsp3) is 0.294. The Morgan fingerprint density at radius 3 is 2.52 bits per heavy atom. The first-order chi connectivity index (χ1) is 10.2. The molecule has 0 spiro atoms. The minimum absolute atomic E-state index is 0.196. The van der Waals surface area contributed by atoms with E-state index in [2.05, 4.69) is 29.4 Å². The predicted octanol–water partition coefficient (Wildman–Crippen LogP) is 3.74. The zero-order valence-corrected chi connectivity index (χ0v) is 12.6. The van der Waals surface area contributed by atoms with Gasteiger partial charge in [-0.1, -0.05) is 37.3 Å². The number of methoxy groups -OCH3 is 1. The van der Waals surface area contributed by atoms with Crippen molar-refractivity contribution < 1.29 is 9.53 Å². The fourth-order valence-corrected chi connectivity index (χ4v) is 2.25. The van der Waals surface area contributed by atoms with Gasteiger partial charge in [0, 0.05) is 0 Å². The van der Waals surface area contributed by atoms with Gasteiger partial charge in [-0.15, -0.1) is 0 Å². The first kappa shape index (κ1) is 15.0. The molecule has 0 bridgehead atoms. The highest BCUT2D eigenvalue weighted by Gasteiger charge is 2.13. The molecule has 2 aromatic rings. The number of esters is 1. The Morgan fingerprint density at radius 2 is 1.95 bits per heavy atom. The van der Waals surface area contributed by atoms with E-state index < -0.39 is 0 Å². The third-order valence-corrected chi connectivity index (χ3v) is 3.42. The fourth-order valence-electron chi connectivity index (χ4n) is 2.25. The predicted molar refractivity (Wildman–Crippen MR) is 83.4 cm³/mol. The van der Waals surface area contributed by atoms with Crippen LogP contribution in [-0.2, 0) is 4.74 Å². The molecule has 0 aliphatic heterocycles. The smallest absolute Gasteiger partial charge is 0.339 e. The monoisotopic (exact) mass is 284 g/mol. The van der Waals surface area contributed by atoms with E-state index >= 15 is 0 Å². The van der Waals surface area contributed by atoms with Gasteiger partial charge in [0.25, 0.3) is 0 Å². The maximum Gasteiger partial charge on any atom is 0.339 e. The summed E-state index contributed by atoms with van der Waals surface area (Å²) >= 11 is 0. The zero-order valence-electron chi connectivity index (χ0n) is 12.6. The van der Waals surface area contributed by atoms with E-state index in [-0.39, 0.29) is 12.0 Å². The van der Waals surface area contributed by atoms with E-state index in [0.717, 1.165) is 12.2 Å². The van der Waals surface area contributed by atoms with E-state index in [9.17, 15) is 4.79 Å². The van der Waals surface area contributed by atoms with Crippen molar-refractivity contribution in [2.24, 2.45) is 0 Å². The second kappa shape index (κ2) is 6.88. The second-order valence-electron chi connectivity index (χ2n) is 4.84. The molecule has 1 atom stereocenters. The lowest BCUT2D eigenvalue weighted by atomic mass is 10.0. The molecule has 1 heterocycles. The van der Waals surface area contributed by atoms with Crippen molar-refractivity contribution in [3.63, 3.8) is 0 Å². The minimum atomic E-state index is -0.360. The number of aromatic nitrogens is 1. The molecule has 1 aromatic carbocycles. The van der Waals surface area contributed by atoms with Crippen LogP contribution in [-0.4, -0.2) is 18.1 Å². The Labute approximate surface area is 125 Å². The van der Waals surface area contributed by atoms with Crippen molar-refractivity contribution in [2.75, 3.05) is 12.4 Å². The summed E-state index contributed by atoms with van der Waals surface area (Å²) in [6.07, 6.45) is 0.948. The first-order valence-corrected chi connectivity index (χ1v) is 7.03. The highest BCUT2D eigenvalue weighted by molar-refractivity contribution is 5.90. The molecule has 1 unspecified atom stereocenters. The molecular weight excluding hydrogens is 264 g/mol. The number of ether oxygens (including phenoxy) is 1. The van der Waals surface area contributed by atoms with E-state index in [1.165, 1.54) is 12.7 Å². The van der Waals surface area contributed by atoms with Crippen LogP contribution in [0.2, 0.25) is 0 Å². The van der Waals surface area contributed by atoms with Crippen molar-refractivity contribution >= 4 is 11.8 Å². The third-order valence-electron chi connectivity index (χ3n) is 3.42. The molecule has 0 amide bonds. The number of nitrogens with one attached hydrogen (secondary N) is 1. The summed E-state index contributed by atoms with van der Waals surface area (Å²) in [6, 6.07) is 14.0. The maximum absolute atomic E-state index is 11.6. The summed E-state index contributed by atoms with van der Waals surface area (Å²) in [5.74, 6) is 0.400. The number of nitrogens with zero attached hydrogens (tertiary/aromatic N) is 1. The molecule has 0 aliphatic carbocycles. The molecule has 0 fully saturated rings. The standard InChI is InChI=1S/C17H20N2O2/c1-4-15(13-8-6-5-7-9-13)19-16-11-10-14(12(2)18-16)17(20)21-3/h5-11,15H,4H2,1-3H3,(H,18,19). The highest BCUT2D eigenvalue weighted by atomic mass is 16.5. The largest absolute Gasteiger partial charge is 0.465 e. The summed E-state index contributed by atoms with van der Waals surface area (Å²) in [5.41, 5.74) is 2.38. The van der Waals surface area contributed by atoms with Gasteiger partial charge in [-0.05, 0) is 31.0 Å². The van der Waals surface area contributed by atoms with Crippen LogP contribution in [0.15, 0.2) is 42.5 Å². The SMILES string of the molecule is CCC(Nc1ccc(C(=O)OC)c(C)n1)c1ccccc1. The Hall–Kier alpha value is -2.36. The van der Waals surface area contributed by atoms with Crippen molar-refractivity contribution in [3.05, 3.63) is 59.3 Å². The normalized spacial score (nSPS) is 11.8. The topological polar surface area (TPSA) is 51.2 Å². The van der Waals surface area contributed by atoms with Gasteiger partial charge in [0.1, 0.15) is 5.82 Å². The first-order valence-electron chi connectivity index (χ1n) is 7.03. The number of pyridine rings is 1. The number of hydrogen-bond acceptors (Lipinski definition) is 4. The summed E-state index contributed by atoms with van der Waals surface area (Å²) < 4.78 is 4.73. The molecule has 0 radical (unpaired) electrons. The number of hydrogen-bond donors (Lipinski definition) is 1. The Balaban J connectivity index is 2.19. The molecule has 4 nitrogen and oxygen atoms in total. The number of anilines is 1. The van der Waals surface area contributed by atoms with Crippen LogP contribution in [0.1, 0.15) is 41.0 Å². The van der Waals surface area contributed by atoms with Crippen LogP contribution in [0.3, 0.4) is 0 Å². The van der Waals surface area contributed by atoms with Gasteiger partial charge in [0.15, 0.2) is 0 Å². The third kappa shape index (κ3) is 3.60. The lowest BCUT2D eigenvalue weighted by Gasteiger charge is -2.18. The summed E-state index contributed by atoms with van der Waals surface area (Å²) in [5, 5.41) is 3.41. The zero-order chi connectivity index (χ0) is 15.2. The van der Waals surface area contributed by atoms with E-state index in [4.69, 9.17) is 4.74 Å². The van der Waals surface area contributed by atoms with Crippen LogP contribution in [0.4, 0.5) is 5.82 Å². The molecule has 1 aromatic heterocycles. The average molecular weight is 284 g/mol. The van der Waals surface area contributed by atoms with Crippen LogP contribution in [0, 0.1) is 6.92 Å².